The lowest BCUT2D eigenvalue weighted by Gasteiger charge is -2.12. The maximum Gasteiger partial charge on any atom is 0.191 e. The number of nitrogens with zero attached hydrogens (tertiary/aromatic N) is 1. The first kappa shape index (κ1) is 16.2. The molecule has 1 N–H and O–H groups in total. The summed E-state index contributed by atoms with van der Waals surface area (Å²) in [6.45, 7) is 0. The highest BCUT2D eigenvalue weighted by Gasteiger charge is 2.12. The Morgan fingerprint density at radius 3 is 2.54 bits per heavy atom. The van der Waals surface area contributed by atoms with Crippen LogP contribution in [0.5, 0.6) is 17.2 Å². The summed E-state index contributed by atoms with van der Waals surface area (Å²) in [6, 6.07) is 11.1. The Hall–Kier alpha value is -2.71. The average molecular weight is 347 g/mol. The molecule has 3 aromatic rings. The molecule has 0 saturated carbocycles. The number of nitrogens with one attached hydrogen (secondary N) is 1. The van der Waals surface area contributed by atoms with Crippen LogP contribution in [0.15, 0.2) is 48.7 Å². The molecule has 0 saturated heterocycles. The summed E-state index contributed by atoms with van der Waals surface area (Å²) < 4.78 is 48.3. The van der Waals surface area contributed by atoms with Crippen LogP contribution in [0, 0.1) is 5.82 Å². The molecule has 124 valence electrons. The van der Waals surface area contributed by atoms with Crippen molar-refractivity contribution in [3.8, 4) is 17.2 Å². The van der Waals surface area contributed by atoms with Crippen LogP contribution < -0.4 is 14.2 Å². The molecule has 0 fully saturated rings. The number of hydrogen-bond donors (Lipinski definition) is 1. The molecule has 0 amide bonds. The molecule has 0 radical (unpaired) electrons. The van der Waals surface area contributed by atoms with Gasteiger partial charge in [-0.2, -0.15) is 0 Å². The van der Waals surface area contributed by atoms with Gasteiger partial charge in [-0.05, 0) is 42.5 Å². The summed E-state index contributed by atoms with van der Waals surface area (Å²) in [5.41, 5.74) is 0.554. The van der Waals surface area contributed by atoms with Crippen molar-refractivity contribution in [3.63, 3.8) is 0 Å². The Kier molecular flexibility index (Phi) is 4.59. The number of rotatable bonds is 5. The van der Waals surface area contributed by atoms with Crippen molar-refractivity contribution in [2.45, 2.75) is 0 Å². The van der Waals surface area contributed by atoms with Gasteiger partial charge in [0.15, 0.2) is 11.6 Å². The van der Waals surface area contributed by atoms with Gasteiger partial charge in [-0.25, -0.2) is 4.39 Å². The van der Waals surface area contributed by atoms with Gasteiger partial charge in [0.05, 0.1) is 7.11 Å². The standard InChI is InChI=1S/C16H13FN2O4S/c1-22-14-7-6-12-13(8-9-18-16(12)15(14)17)23-11-4-2-10(3-5-11)19-24(20)21/h2-9,19H,1H3,(H,20,21)/p-1. The monoisotopic (exact) mass is 347 g/mol. The van der Waals surface area contributed by atoms with E-state index in [2.05, 4.69) is 9.71 Å². The highest BCUT2D eigenvalue weighted by Crippen LogP contribution is 2.33. The zero-order valence-electron chi connectivity index (χ0n) is 12.5. The molecule has 1 aromatic heterocycles. The first-order chi connectivity index (χ1) is 11.6. The quantitative estimate of drug-likeness (QED) is 0.715. The lowest BCUT2D eigenvalue weighted by molar-refractivity contribution is 0.388. The van der Waals surface area contributed by atoms with E-state index in [1.165, 1.54) is 19.4 Å². The predicted octanol–water partition coefficient (Wildman–Crippen LogP) is 3.38. The third-order valence-corrected chi connectivity index (χ3v) is 3.68. The second-order valence-corrected chi connectivity index (χ2v) is 5.42. The molecule has 1 unspecified atom stereocenters. The minimum Gasteiger partial charge on any atom is -0.755 e. The Balaban J connectivity index is 1.93. The van der Waals surface area contributed by atoms with E-state index in [1.54, 1.807) is 36.4 Å². The molecule has 2 aromatic carbocycles. The molecular weight excluding hydrogens is 335 g/mol. The van der Waals surface area contributed by atoms with Gasteiger partial charge in [0.2, 0.25) is 0 Å². The molecule has 1 atom stereocenters. The first-order valence-corrected chi connectivity index (χ1v) is 7.91. The molecule has 8 heteroatoms. The maximum absolute atomic E-state index is 14.3. The van der Waals surface area contributed by atoms with E-state index in [9.17, 15) is 13.2 Å². The van der Waals surface area contributed by atoms with E-state index in [1.807, 2.05) is 0 Å². The summed E-state index contributed by atoms with van der Waals surface area (Å²) in [4.78, 5) is 4.02. The van der Waals surface area contributed by atoms with Crippen LogP contribution in [0.3, 0.4) is 0 Å². The van der Waals surface area contributed by atoms with E-state index in [0.29, 0.717) is 22.6 Å². The fourth-order valence-electron chi connectivity index (χ4n) is 2.20. The number of hydrogen-bond acceptors (Lipinski definition) is 5. The molecule has 0 spiro atoms. The van der Waals surface area contributed by atoms with Crippen LogP contribution in [-0.4, -0.2) is 20.9 Å². The lowest BCUT2D eigenvalue weighted by Crippen LogP contribution is -2.01. The Morgan fingerprint density at radius 2 is 1.88 bits per heavy atom. The SMILES string of the molecule is COc1ccc2c(Oc3ccc(NS(=O)[O-])cc3)ccnc2c1F. The van der Waals surface area contributed by atoms with Crippen LogP contribution in [0.2, 0.25) is 0 Å². The number of anilines is 1. The van der Waals surface area contributed by atoms with Crippen molar-refractivity contribution in [2.75, 3.05) is 11.8 Å². The van der Waals surface area contributed by atoms with Crippen molar-refractivity contribution in [1.82, 2.24) is 4.98 Å². The van der Waals surface area contributed by atoms with Gasteiger partial charge < -0.3 is 18.7 Å². The van der Waals surface area contributed by atoms with E-state index in [-0.39, 0.29) is 11.3 Å². The zero-order chi connectivity index (χ0) is 17.1. The van der Waals surface area contributed by atoms with Crippen LogP contribution in [-0.2, 0) is 11.3 Å². The third-order valence-electron chi connectivity index (χ3n) is 3.28. The third kappa shape index (κ3) is 3.29. The highest BCUT2D eigenvalue weighted by molar-refractivity contribution is 7.80. The highest BCUT2D eigenvalue weighted by atomic mass is 32.2. The molecule has 0 bridgehead atoms. The number of pyridine rings is 1. The van der Waals surface area contributed by atoms with Crippen LogP contribution in [0.25, 0.3) is 10.9 Å². The fraction of sp³-hybridized carbons (Fsp3) is 0.0625. The normalized spacial score (nSPS) is 12.0. The van der Waals surface area contributed by atoms with Crippen molar-refractivity contribution in [3.05, 3.63) is 54.5 Å². The van der Waals surface area contributed by atoms with Gasteiger partial charge >= 0.3 is 0 Å². The van der Waals surface area contributed by atoms with Gasteiger partial charge in [-0.3, -0.25) is 9.19 Å². The zero-order valence-corrected chi connectivity index (χ0v) is 13.3. The largest absolute Gasteiger partial charge is 0.755 e. The van der Waals surface area contributed by atoms with Crippen LogP contribution in [0.4, 0.5) is 10.1 Å². The molecular formula is C16H12FN2O4S-. The number of halogens is 1. The first-order valence-electron chi connectivity index (χ1n) is 6.83. The summed E-state index contributed by atoms with van der Waals surface area (Å²) in [5, 5.41) is 0.499. The fourth-order valence-corrected chi connectivity index (χ4v) is 2.53. The van der Waals surface area contributed by atoms with E-state index < -0.39 is 17.1 Å². The van der Waals surface area contributed by atoms with E-state index in [4.69, 9.17) is 9.47 Å². The van der Waals surface area contributed by atoms with Crippen LogP contribution >= 0.6 is 0 Å². The van der Waals surface area contributed by atoms with Crippen molar-refractivity contribution in [1.29, 1.82) is 0 Å². The van der Waals surface area contributed by atoms with Crippen molar-refractivity contribution < 1.29 is 22.6 Å². The molecule has 6 nitrogen and oxygen atoms in total. The molecule has 1 heterocycles. The summed E-state index contributed by atoms with van der Waals surface area (Å²) in [7, 11) is 1.38. The predicted molar refractivity (Wildman–Crippen MR) is 87.3 cm³/mol. The number of methoxy groups -OCH3 is 1. The number of fused-ring (bicyclic) bond motifs is 1. The van der Waals surface area contributed by atoms with Crippen LogP contribution in [0.1, 0.15) is 0 Å². The molecule has 0 aliphatic rings. The average Bonchev–Trinajstić information content (AvgIpc) is 2.57. The van der Waals surface area contributed by atoms with Gasteiger partial charge in [0.1, 0.15) is 17.0 Å². The minimum atomic E-state index is -2.39. The van der Waals surface area contributed by atoms with Crippen molar-refractivity contribution in [2.24, 2.45) is 0 Å². The van der Waals surface area contributed by atoms with Gasteiger partial charge in [0.25, 0.3) is 0 Å². The van der Waals surface area contributed by atoms with Gasteiger partial charge in [-0.15, -0.1) is 0 Å². The molecule has 3 rings (SSSR count). The Bertz CT molecular complexity index is 902. The summed E-state index contributed by atoms with van der Waals surface area (Å²) in [5.74, 6) is 0.446. The summed E-state index contributed by atoms with van der Waals surface area (Å²) >= 11 is -2.39. The Morgan fingerprint density at radius 1 is 1.12 bits per heavy atom. The number of benzene rings is 2. The van der Waals surface area contributed by atoms with E-state index in [0.717, 1.165) is 0 Å². The second kappa shape index (κ2) is 6.81. The second-order valence-electron chi connectivity index (χ2n) is 4.75. The Labute approximate surface area is 139 Å². The number of aromatic nitrogens is 1. The maximum atomic E-state index is 14.3. The van der Waals surface area contributed by atoms with Crippen molar-refractivity contribution >= 4 is 27.9 Å². The molecule has 24 heavy (non-hydrogen) atoms. The minimum absolute atomic E-state index is 0.105. The summed E-state index contributed by atoms with van der Waals surface area (Å²) in [6.07, 6.45) is 1.44. The molecule has 0 aliphatic carbocycles. The van der Waals surface area contributed by atoms with Gasteiger partial charge in [0, 0.05) is 28.5 Å². The topological polar surface area (TPSA) is 83.5 Å². The lowest BCUT2D eigenvalue weighted by atomic mass is 10.2. The smallest absolute Gasteiger partial charge is 0.191 e. The molecule has 0 aliphatic heterocycles. The number of ether oxygens (including phenoxy) is 2. The van der Waals surface area contributed by atoms with E-state index >= 15 is 0 Å². The van der Waals surface area contributed by atoms with Gasteiger partial charge in [-0.1, -0.05) is 0 Å².